The van der Waals surface area contributed by atoms with Gasteiger partial charge in [-0.1, -0.05) is 25.4 Å². The van der Waals surface area contributed by atoms with Crippen molar-refractivity contribution in [2.45, 2.75) is 33.6 Å². The molecular formula is C11H19ClN2O. The van der Waals surface area contributed by atoms with E-state index in [1.807, 2.05) is 14.0 Å². The van der Waals surface area contributed by atoms with E-state index < -0.39 is 0 Å². The summed E-state index contributed by atoms with van der Waals surface area (Å²) in [6.45, 7) is 6.27. The Morgan fingerprint density at radius 1 is 1.53 bits per heavy atom. The molecule has 4 heteroatoms. The van der Waals surface area contributed by atoms with E-state index in [9.17, 15) is 5.11 Å². The summed E-state index contributed by atoms with van der Waals surface area (Å²) in [5.74, 6) is 0. The first kappa shape index (κ1) is 12.5. The highest BCUT2D eigenvalue weighted by Gasteiger charge is 2.25. The molecular weight excluding hydrogens is 212 g/mol. The van der Waals surface area contributed by atoms with Crippen LogP contribution in [0.15, 0.2) is 0 Å². The molecule has 0 radical (unpaired) electrons. The van der Waals surface area contributed by atoms with Crippen LogP contribution in [-0.4, -0.2) is 21.5 Å². The number of aliphatic hydroxyl groups is 1. The first-order valence-electron chi connectivity index (χ1n) is 5.22. The van der Waals surface area contributed by atoms with Gasteiger partial charge in [-0.3, -0.25) is 4.68 Å². The van der Waals surface area contributed by atoms with Gasteiger partial charge in [-0.15, -0.1) is 0 Å². The quantitative estimate of drug-likeness (QED) is 0.862. The number of aromatic nitrogens is 2. The molecule has 0 amide bonds. The van der Waals surface area contributed by atoms with E-state index in [4.69, 9.17) is 11.6 Å². The third kappa shape index (κ3) is 2.52. The van der Waals surface area contributed by atoms with E-state index in [1.54, 1.807) is 4.68 Å². The molecule has 1 aromatic rings. The van der Waals surface area contributed by atoms with Gasteiger partial charge in [0.2, 0.25) is 0 Å². The molecule has 0 saturated carbocycles. The van der Waals surface area contributed by atoms with Crippen LogP contribution < -0.4 is 0 Å². The highest BCUT2D eigenvalue weighted by molar-refractivity contribution is 6.30. The van der Waals surface area contributed by atoms with Crippen LogP contribution in [0.5, 0.6) is 0 Å². The van der Waals surface area contributed by atoms with Crippen molar-refractivity contribution in [2.24, 2.45) is 12.5 Å². The minimum atomic E-state index is -0.0998. The van der Waals surface area contributed by atoms with Crippen molar-refractivity contribution in [3.05, 3.63) is 16.4 Å². The Bertz CT molecular complexity index is 343. The molecule has 0 bridgehead atoms. The van der Waals surface area contributed by atoms with Crippen LogP contribution in [0, 0.1) is 12.3 Å². The number of aryl methyl sites for hydroxylation is 2. The molecule has 1 aromatic heterocycles. The number of aliphatic hydroxyl groups excluding tert-OH is 1. The predicted octanol–water partition coefficient (Wildman–Crippen LogP) is 2.33. The minimum Gasteiger partial charge on any atom is -0.396 e. The highest BCUT2D eigenvalue weighted by atomic mass is 35.5. The van der Waals surface area contributed by atoms with Gasteiger partial charge in [-0.2, -0.15) is 5.10 Å². The van der Waals surface area contributed by atoms with E-state index in [0.717, 1.165) is 24.1 Å². The normalized spacial score (nSPS) is 15.3. The first-order valence-corrected chi connectivity index (χ1v) is 5.60. The lowest BCUT2D eigenvalue weighted by molar-refractivity contribution is 0.137. The van der Waals surface area contributed by atoms with Crippen molar-refractivity contribution in [2.75, 3.05) is 6.61 Å². The largest absolute Gasteiger partial charge is 0.396 e. The SMILES string of the molecule is CCC(C)(CO)Cc1c(C)nn(C)c1Cl. The molecule has 1 N–H and O–H groups in total. The molecule has 0 saturated heterocycles. The summed E-state index contributed by atoms with van der Waals surface area (Å²) in [6, 6.07) is 0. The van der Waals surface area contributed by atoms with E-state index >= 15 is 0 Å². The van der Waals surface area contributed by atoms with Gasteiger partial charge < -0.3 is 5.11 Å². The topological polar surface area (TPSA) is 38.1 Å². The highest BCUT2D eigenvalue weighted by Crippen LogP contribution is 2.30. The van der Waals surface area contributed by atoms with Crippen molar-refractivity contribution >= 4 is 11.6 Å². The average molecular weight is 231 g/mol. The lowest BCUT2D eigenvalue weighted by atomic mass is 9.82. The number of halogens is 1. The first-order chi connectivity index (χ1) is 6.93. The van der Waals surface area contributed by atoms with Gasteiger partial charge in [-0.05, 0) is 25.2 Å². The lowest BCUT2D eigenvalue weighted by Crippen LogP contribution is -2.23. The van der Waals surface area contributed by atoms with Crippen LogP contribution in [0.25, 0.3) is 0 Å². The van der Waals surface area contributed by atoms with Crippen LogP contribution in [0.3, 0.4) is 0 Å². The monoisotopic (exact) mass is 230 g/mol. The van der Waals surface area contributed by atoms with Gasteiger partial charge in [-0.25, -0.2) is 0 Å². The molecule has 0 aliphatic carbocycles. The van der Waals surface area contributed by atoms with Crippen molar-refractivity contribution in [3.8, 4) is 0 Å². The molecule has 1 unspecified atom stereocenters. The molecule has 1 rings (SSSR count). The van der Waals surface area contributed by atoms with Crippen LogP contribution in [0.4, 0.5) is 0 Å². The van der Waals surface area contributed by atoms with Crippen molar-refractivity contribution in [3.63, 3.8) is 0 Å². The molecule has 1 atom stereocenters. The Balaban J connectivity index is 2.98. The van der Waals surface area contributed by atoms with Crippen LogP contribution in [0.2, 0.25) is 5.15 Å². The van der Waals surface area contributed by atoms with Gasteiger partial charge in [0, 0.05) is 19.2 Å². The third-order valence-corrected chi connectivity index (χ3v) is 3.58. The van der Waals surface area contributed by atoms with E-state index in [1.165, 1.54) is 0 Å². The Morgan fingerprint density at radius 2 is 2.13 bits per heavy atom. The van der Waals surface area contributed by atoms with E-state index in [2.05, 4.69) is 18.9 Å². The minimum absolute atomic E-state index is 0.0998. The van der Waals surface area contributed by atoms with Crippen LogP contribution in [0.1, 0.15) is 31.5 Å². The summed E-state index contributed by atoms with van der Waals surface area (Å²) >= 11 is 6.15. The van der Waals surface area contributed by atoms with E-state index in [0.29, 0.717) is 5.15 Å². The molecule has 0 spiro atoms. The van der Waals surface area contributed by atoms with Crippen molar-refractivity contribution in [1.82, 2.24) is 9.78 Å². The zero-order valence-electron chi connectivity index (χ0n) is 9.84. The van der Waals surface area contributed by atoms with Gasteiger partial charge in [0.1, 0.15) is 5.15 Å². The zero-order chi connectivity index (χ0) is 11.6. The van der Waals surface area contributed by atoms with Gasteiger partial charge >= 0.3 is 0 Å². The van der Waals surface area contributed by atoms with Crippen molar-refractivity contribution < 1.29 is 5.11 Å². The maximum atomic E-state index is 9.36. The van der Waals surface area contributed by atoms with Crippen LogP contribution in [-0.2, 0) is 13.5 Å². The van der Waals surface area contributed by atoms with Gasteiger partial charge in [0.15, 0.2) is 0 Å². The standard InChI is InChI=1S/C11H19ClN2O/c1-5-11(3,7-15)6-9-8(2)13-14(4)10(9)12/h15H,5-7H2,1-4H3. The fraction of sp³-hybridized carbons (Fsp3) is 0.727. The van der Waals surface area contributed by atoms with Crippen molar-refractivity contribution in [1.29, 1.82) is 0 Å². The Labute approximate surface area is 96.1 Å². The molecule has 15 heavy (non-hydrogen) atoms. The zero-order valence-corrected chi connectivity index (χ0v) is 10.6. The number of hydrogen-bond acceptors (Lipinski definition) is 2. The lowest BCUT2D eigenvalue weighted by Gasteiger charge is -2.25. The second kappa shape index (κ2) is 4.54. The summed E-state index contributed by atoms with van der Waals surface area (Å²) in [6.07, 6.45) is 1.70. The Kier molecular flexibility index (Phi) is 3.79. The molecule has 86 valence electrons. The summed E-state index contributed by atoms with van der Waals surface area (Å²) in [7, 11) is 1.83. The predicted molar refractivity (Wildman–Crippen MR) is 62.1 cm³/mol. The fourth-order valence-electron chi connectivity index (χ4n) is 1.59. The molecule has 0 aliphatic heterocycles. The smallest absolute Gasteiger partial charge is 0.130 e. The van der Waals surface area contributed by atoms with Gasteiger partial charge in [0.25, 0.3) is 0 Å². The Hall–Kier alpha value is -0.540. The molecule has 0 aliphatic rings. The maximum Gasteiger partial charge on any atom is 0.130 e. The molecule has 3 nitrogen and oxygen atoms in total. The third-order valence-electron chi connectivity index (χ3n) is 3.11. The summed E-state index contributed by atoms with van der Waals surface area (Å²) in [5, 5.41) is 14.3. The Morgan fingerprint density at radius 3 is 2.47 bits per heavy atom. The number of hydrogen-bond donors (Lipinski definition) is 1. The second-order valence-corrected chi connectivity index (χ2v) is 4.84. The fourth-order valence-corrected chi connectivity index (χ4v) is 1.84. The van der Waals surface area contributed by atoms with E-state index in [-0.39, 0.29) is 12.0 Å². The van der Waals surface area contributed by atoms with Crippen LogP contribution >= 0.6 is 11.6 Å². The number of rotatable bonds is 4. The maximum absolute atomic E-state index is 9.36. The molecule has 1 heterocycles. The molecule has 0 fully saturated rings. The summed E-state index contributed by atoms with van der Waals surface area (Å²) in [5.41, 5.74) is 1.91. The molecule has 0 aromatic carbocycles. The summed E-state index contributed by atoms with van der Waals surface area (Å²) < 4.78 is 1.68. The average Bonchev–Trinajstić information content (AvgIpc) is 2.45. The second-order valence-electron chi connectivity index (χ2n) is 4.48. The van der Waals surface area contributed by atoms with Gasteiger partial charge in [0.05, 0.1) is 5.69 Å². The number of nitrogens with zero attached hydrogens (tertiary/aromatic N) is 2. The summed E-state index contributed by atoms with van der Waals surface area (Å²) in [4.78, 5) is 0.